The SMILES string of the molecule is COCC(CCO)NS(=O)(=O)N1CCCC(C)C1. The van der Waals surface area contributed by atoms with Gasteiger partial charge < -0.3 is 9.84 Å². The van der Waals surface area contributed by atoms with Crippen molar-refractivity contribution in [2.45, 2.75) is 32.2 Å². The number of methoxy groups -OCH3 is 1. The normalized spacial score (nSPS) is 24.1. The summed E-state index contributed by atoms with van der Waals surface area (Å²) in [5, 5.41) is 8.91. The summed E-state index contributed by atoms with van der Waals surface area (Å²) in [7, 11) is -1.95. The molecule has 1 rings (SSSR count). The summed E-state index contributed by atoms with van der Waals surface area (Å²) in [6.45, 7) is 3.39. The summed E-state index contributed by atoms with van der Waals surface area (Å²) in [5.74, 6) is 0.397. The molecule has 108 valence electrons. The smallest absolute Gasteiger partial charge is 0.279 e. The second kappa shape index (κ2) is 7.40. The van der Waals surface area contributed by atoms with Gasteiger partial charge >= 0.3 is 0 Å². The molecule has 0 bridgehead atoms. The van der Waals surface area contributed by atoms with Crippen LogP contribution >= 0.6 is 0 Å². The van der Waals surface area contributed by atoms with Gasteiger partial charge in [0.15, 0.2) is 0 Å². The van der Waals surface area contributed by atoms with Crippen LogP contribution < -0.4 is 4.72 Å². The molecule has 2 N–H and O–H groups in total. The van der Waals surface area contributed by atoms with Gasteiger partial charge in [0.05, 0.1) is 6.61 Å². The van der Waals surface area contributed by atoms with Gasteiger partial charge in [-0.2, -0.15) is 17.4 Å². The molecule has 0 spiro atoms. The molecular formula is C11H24N2O4S. The van der Waals surface area contributed by atoms with Crippen LogP contribution in [0.1, 0.15) is 26.2 Å². The van der Waals surface area contributed by atoms with E-state index in [4.69, 9.17) is 9.84 Å². The average Bonchev–Trinajstić information content (AvgIpc) is 2.29. The number of piperidine rings is 1. The number of nitrogens with zero attached hydrogens (tertiary/aromatic N) is 1. The molecule has 1 aliphatic rings. The first-order valence-corrected chi connectivity index (χ1v) is 7.80. The Hall–Kier alpha value is -0.210. The van der Waals surface area contributed by atoms with Crippen LogP contribution in [0.2, 0.25) is 0 Å². The molecule has 6 nitrogen and oxygen atoms in total. The standard InChI is InChI=1S/C11H24N2O4S/c1-10-4-3-6-13(8-10)18(15,16)12-11(5-7-14)9-17-2/h10-12,14H,3-9H2,1-2H3. The highest BCUT2D eigenvalue weighted by atomic mass is 32.2. The topological polar surface area (TPSA) is 78.9 Å². The second-order valence-electron chi connectivity index (χ2n) is 4.89. The van der Waals surface area contributed by atoms with Gasteiger partial charge in [0.25, 0.3) is 10.2 Å². The van der Waals surface area contributed by atoms with Crippen LogP contribution in [0.15, 0.2) is 0 Å². The number of aliphatic hydroxyl groups excluding tert-OH is 1. The summed E-state index contributed by atoms with van der Waals surface area (Å²) < 4.78 is 33.4. The maximum absolute atomic E-state index is 12.2. The maximum Gasteiger partial charge on any atom is 0.279 e. The largest absolute Gasteiger partial charge is 0.396 e. The predicted molar refractivity (Wildman–Crippen MR) is 69.4 cm³/mol. The molecule has 1 heterocycles. The number of rotatable bonds is 7. The van der Waals surface area contributed by atoms with Crippen molar-refractivity contribution in [1.82, 2.24) is 9.03 Å². The van der Waals surface area contributed by atoms with E-state index in [2.05, 4.69) is 11.6 Å². The van der Waals surface area contributed by atoms with E-state index in [9.17, 15) is 8.42 Å². The highest BCUT2D eigenvalue weighted by molar-refractivity contribution is 7.87. The number of aliphatic hydroxyl groups is 1. The Bertz CT molecular complexity index is 328. The molecule has 0 saturated carbocycles. The molecule has 2 unspecified atom stereocenters. The third-order valence-electron chi connectivity index (χ3n) is 3.12. The van der Waals surface area contributed by atoms with Crippen LogP contribution in [0, 0.1) is 5.92 Å². The van der Waals surface area contributed by atoms with Gasteiger partial charge in [-0.25, -0.2) is 0 Å². The number of nitrogens with one attached hydrogen (secondary N) is 1. The Morgan fingerprint density at radius 2 is 2.28 bits per heavy atom. The fourth-order valence-electron chi connectivity index (χ4n) is 2.18. The van der Waals surface area contributed by atoms with Crippen LogP contribution in [0.4, 0.5) is 0 Å². The molecule has 1 saturated heterocycles. The zero-order chi connectivity index (χ0) is 13.6. The minimum Gasteiger partial charge on any atom is -0.396 e. The first-order chi connectivity index (χ1) is 8.49. The van der Waals surface area contributed by atoms with Crippen molar-refractivity contribution < 1.29 is 18.3 Å². The third-order valence-corrected chi connectivity index (χ3v) is 4.76. The quantitative estimate of drug-likeness (QED) is 0.685. The van der Waals surface area contributed by atoms with Crippen LogP contribution in [-0.2, 0) is 14.9 Å². The van der Waals surface area contributed by atoms with Gasteiger partial charge in [-0.15, -0.1) is 0 Å². The second-order valence-corrected chi connectivity index (χ2v) is 6.60. The first-order valence-electron chi connectivity index (χ1n) is 6.36. The van der Waals surface area contributed by atoms with Crippen molar-refractivity contribution in [3.05, 3.63) is 0 Å². The first kappa shape index (κ1) is 15.8. The lowest BCUT2D eigenvalue weighted by molar-refractivity contribution is 0.156. The van der Waals surface area contributed by atoms with Crippen LogP contribution in [0.5, 0.6) is 0 Å². The number of ether oxygens (including phenoxy) is 1. The van der Waals surface area contributed by atoms with Crippen molar-refractivity contribution in [2.24, 2.45) is 5.92 Å². The van der Waals surface area contributed by atoms with Gasteiger partial charge in [-0.05, 0) is 25.2 Å². The molecule has 0 amide bonds. The molecule has 1 aliphatic heterocycles. The Balaban J connectivity index is 2.60. The molecule has 18 heavy (non-hydrogen) atoms. The van der Waals surface area contributed by atoms with Crippen molar-refractivity contribution in [1.29, 1.82) is 0 Å². The Labute approximate surface area is 109 Å². The highest BCUT2D eigenvalue weighted by Gasteiger charge is 2.28. The van der Waals surface area contributed by atoms with Gasteiger partial charge in [0.1, 0.15) is 0 Å². The van der Waals surface area contributed by atoms with E-state index in [1.165, 1.54) is 11.4 Å². The highest BCUT2D eigenvalue weighted by Crippen LogP contribution is 2.18. The van der Waals surface area contributed by atoms with E-state index in [-0.39, 0.29) is 19.3 Å². The molecule has 7 heteroatoms. The monoisotopic (exact) mass is 280 g/mol. The van der Waals surface area contributed by atoms with Crippen LogP contribution in [-0.4, -0.2) is 57.3 Å². The molecule has 0 aromatic carbocycles. The fraction of sp³-hybridized carbons (Fsp3) is 1.00. The predicted octanol–water partition coefficient (Wildman–Crippen LogP) is -0.0499. The maximum atomic E-state index is 12.2. The zero-order valence-electron chi connectivity index (χ0n) is 11.1. The minimum atomic E-state index is -3.47. The van der Waals surface area contributed by atoms with Crippen LogP contribution in [0.25, 0.3) is 0 Å². The lowest BCUT2D eigenvalue weighted by Gasteiger charge is -2.31. The lowest BCUT2D eigenvalue weighted by Crippen LogP contribution is -2.50. The Kier molecular flexibility index (Phi) is 6.51. The molecule has 0 aromatic heterocycles. The Morgan fingerprint density at radius 1 is 1.56 bits per heavy atom. The molecule has 0 aliphatic carbocycles. The van der Waals surface area contributed by atoms with Crippen LogP contribution in [0.3, 0.4) is 0 Å². The fourth-order valence-corrected chi connectivity index (χ4v) is 3.76. The van der Waals surface area contributed by atoms with Gasteiger partial charge in [-0.1, -0.05) is 6.92 Å². The summed E-state index contributed by atoms with van der Waals surface area (Å²) in [5.41, 5.74) is 0. The summed E-state index contributed by atoms with van der Waals surface area (Å²) in [4.78, 5) is 0. The van der Waals surface area contributed by atoms with Gasteiger partial charge in [-0.3, -0.25) is 0 Å². The third kappa shape index (κ3) is 4.81. The molecule has 1 fully saturated rings. The molecule has 2 atom stereocenters. The molecular weight excluding hydrogens is 256 g/mol. The summed E-state index contributed by atoms with van der Waals surface area (Å²) in [6, 6.07) is -0.373. The number of hydrogen-bond acceptors (Lipinski definition) is 4. The summed E-state index contributed by atoms with van der Waals surface area (Å²) in [6.07, 6.45) is 2.33. The molecule has 0 radical (unpaired) electrons. The van der Waals surface area contributed by atoms with E-state index in [0.29, 0.717) is 25.4 Å². The lowest BCUT2D eigenvalue weighted by atomic mass is 10.0. The van der Waals surface area contributed by atoms with Crippen molar-refractivity contribution in [2.75, 3.05) is 33.4 Å². The average molecular weight is 280 g/mol. The van der Waals surface area contributed by atoms with Crippen molar-refractivity contribution in [3.63, 3.8) is 0 Å². The van der Waals surface area contributed by atoms with Crippen molar-refractivity contribution in [3.8, 4) is 0 Å². The van der Waals surface area contributed by atoms with Gasteiger partial charge in [0.2, 0.25) is 0 Å². The van der Waals surface area contributed by atoms with E-state index in [1.807, 2.05) is 0 Å². The van der Waals surface area contributed by atoms with E-state index < -0.39 is 10.2 Å². The summed E-state index contributed by atoms with van der Waals surface area (Å²) >= 11 is 0. The van der Waals surface area contributed by atoms with E-state index in [1.54, 1.807) is 0 Å². The Morgan fingerprint density at radius 3 is 2.83 bits per heavy atom. The van der Waals surface area contributed by atoms with Gasteiger partial charge in [0, 0.05) is 32.8 Å². The molecule has 0 aromatic rings. The minimum absolute atomic E-state index is 0.0626. The van der Waals surface area contributed by atoms with E-state index in [0.717, 1.165) is 12.8 Å². The van der Waals surface area contributed by atoms with E-state index >= 15 is 0 Å². The number of hydrogen-bond donors (Lipinski definition) is 2. The zero-order valence-corrected chi connectivity index (χ0v) is 11.9. The van der Waals surface area contributed by atoms with Crippen molar-refractivity contribution >= 4 is 10.2 Å².